The van der Waals surface area contributed by atoms with Crippen molar-refractivity contribution < 1.29 is 11.0 Å². The first-order chi connectivity index (χ1) is 8.69. The smallest absolute Gasteiger partial charge is 0.227 e. The van der Waals surface area contributed by atoms with Crippen molar-refractivity contribution in [3.63, 3.8) is 0 Å². The Morgan fingerprint density at radius 1 is 1.28 bits per heavy atom. The standard InChI is InChI=1S/C12H14N2O2.C2H6.H2/c1-3-8-14(10(2)16)12-6-4-11(5-7-12)13-9-15;1-2;/h3-9H,1-2H3,(H,13,15);1-2H3;1H/b8-3-;;. The summed E-state index contributed by atoms with van der Waals surface area (Å²) >= 11 is 0. The van der Waals surface area contributed by atoms with E-state index in [0.717, 1.165) is 5.69 Å². The molecule has 0 saturated carbocycles. The van der Waals surface area contributed by atoms with E-state index in [-0.39, 0.29) is 7.33 Å². The molecule has 18 heavy (non-hydrogen) atoms. The molecule has 0 bridgehead atoms. The Hall–Kier alpha value is -2.10. The van der Waals surface area contributed by atoms with Gasteiger partial charge in [0.15, 0.2) is 0 Å². The molecule has 0 aliphatic heterocycles. The summed E-state index contributed by atoms with van der Waals surface area (Å²) in [5, 5.41) is 2.53. The Balaban J connectivity index is 0. The lowest BCUT2D eigenvalue weighted by molar-refractivity contribution is -0.116. The number of benzene rings is 1. The molecule has 0 saturated heterocycles. The maximum Gasteiger partial charge on any atom is 0.227 e. The fourth-order valence-electron chi connectivity index (χ4n) is 1.31. The Bertz CT molecular complexity index is 402. The minimum Gasteiger partial charge on any atom is -0.329 e. The highest BCUT2D eigenvalue weighted by atomic mass is 16.2. The van der Waals surface area contributed by atoms with Crippen LogP contribution in [0.5, 0.6) is 0 Å². The Labute approximate surface area is 110 Å². The van der Waals surface area contributed by atoms with Gasteiger partial charge in [0.25, 0.3) is 0 Å². The van der Waals surface area contributed by atoms with E-state index in [0.29, 0.717) is 12.1 Å². The summed E-state index contributed by atoms with van der Waals surface area (Å²) in [7, 11) is 0. The number of nitrogens with zero attached hydrogens (tertiary/aromatic N) is 1. The number of carbonyl (C=O) groups excluding carboxylic acids is 2. The number of amides is 2. The van der Waals surface area contributed by atoms with Crippen molar-refractivity contribution in [2.24, 2.45) is 0 Å². The summed E-state index contributed by atoms with van der Waals surface area (Å²) in [5.41, 5.74) is 1.46. The summed E-state index contributed by atoms with van der Waals surface area (Å²) in [4.78, 5) is 23.1. The van der Waals surface area contributed by atoms with Gasteiger partial charge in [-0.25, -0.2) is 0 Å². The van der Waals surface area contributed by atoms with Crippen molar-refractivity contribution in [3.05, 3.63) is 36.5 Å². The van der Waals surface area contributed by atoms with Crippen molar-refractivity contribution in [2.75, 3.05) is 10.2 Å². The lowest BCUT2D eigenvalue weighted by Crippen LogP contribution is -2.21. The molecule has 1 aromatic rings. The van der Waals surface area contributed by atoms with Crippen molar-refractivity contribution in [1.29, 1.82) is 0 Å². The zero-order valence-electron chi connectivity index (χ0n) is 11.3. The van der Waals surface area contributed by atoms with Crippen molar-refractivity contribution in [2.45, 2.75) is 27.7 Å². The molecule has 0 heterocycles. The number of carbonyl (C=O) groups is 2. The van der Waals surface area contributed by atoms with Gasteiger partial charge in [-0.1, -0.05) is 19.9 Å². The third kappa shape index (κ3) is 4.82. The zero-order chi connectivity index (χ0) is 14.0. The van der Waals surface area contributed by atoms with Crippen LogP contribution >= 0.6 is 0 Å². The van der Waals surface area contributed by atoms with Gasteiger partial charge >= 0.3 is 0 Å². The molecule has 0 radical (unpaired) electrons. The van der Waals surface area contributed by atoms with Crippen molar-refractivity contribution in [3.8, 4) is 0 Å². The third-order valence-electron chi connectivity index (χ3n) is 2.01. The molecule has 0 aliphatic rings. The third-order valence-corrected chi connectivity index (χ3v) is 2.01. The highest BCUT2D eigenvalue weighted by molar-refractivity contribution is 5.93. The maximum atomic E-state index is 11.3. The molecule has 1 N–H and O–H groups in total. The van der Waals surface area contributed by atoms with Crippen LogP contribution in [0.15, 0.2) is 36.5 Å². The quantitative estimate of drug-likeness (QED) is 0.832. The summed E-state index contributed by atoms with van der Waals surface area (Å²) < 4.78 is 0. The molecule has 0 aromatic heterocycles. The molecule has 1 aromatic carbocycles. The summed E-state index contributed by atoms with van der Waals surface area (Å²) in [5.74, 6) is -0.0609. The van der Waals surface area contributed by atoms with Crippen molar-refractivity contribution >= 4 is 23.7 Å². The number of hydrogen-bond acceptors (Lipinski definition) is 2. The van der Waals surface area contributed by atoms with Crippen LogP contribution in [0.3, 0.4) is 0 Å². The highest BCUT2D eigenvalue weighted by Crippen LogP contribution is 2.18. The summed E-state index contributed by atoms with van der Waals surface area (Å²) in [6.45, 7) is 7.34. The topological polar surface area (TPSA) is 49.4 Å². The average Bonchev–Trinajstić information content (AvgIpc) is 2.39. The second-order valence-electron chi connectivity index (χ2n) is 3.18. The number of rotatable bonds is 4. The van der Waals surface area contributed by atoms with Gasteiger partial charge in [-0.3, -0.25) is 14.5 Å². The first-order valence-corrected chi connectivity index (χ1v) is 5.92. The van der Waals surface area contributed by atoms with Crippen LogP contribution in [0.2, 0.25) is 0 Å². The van der Waals surface area contributed by atoms with E-state index in [4.69, 9.17) is 0 Å². The molecule has 4 nitrogen and oxygen atoms in total. The van der Waals surface area contributed by atoms with Crippen LogP contribution in [0, 0.1) is 0 Å². The maximum absolute atomic E-state index is 11.3. The van der Waals surface area contributed by atoms with Crippen LogP contribution in [-0.4, -0.2) is 12.3 Å². The molecule has 0 unspecified atom stereocenters. The lowest BCUT2D eigenvalue weighted by Gasteiger charge is -2.16. The minimum atomic E-state index is -0.0609. The normalized spacial score (nSPS) is 9.33. The molecule has 1 rings (SSSR count). The molecule has 0 aliphatic carbocycles. The first-order valence-electron chi connectivity index (χ1n) is 5.92. The molecular formula is C14H22N2O2. The number of allylic oxidation sites excluding steroid dienone is 1. The second-order valence-corrected chi connectivity index (χ2v) is 3.18. The minimum absolute atomic E-state index is 0. The van der Waals surface area contributed by atoms with E-state index in [2.05, 4.69) is 5.32 Å². The largest absolute Gasteiger partial charge is 0.329 e. The SMILES string of the molecule is C/C=C\N(C(C)=O)c1ccc(NC=O)cc1.CC.[HH]. The fourth-order valence-corrected chi connectivity index (χ4v) is 1.31. The van der Waals surface area contributed by atoms with Gasteiger partial charge in [0.05, 0.1) is 0 Å². The van der Waals surface area contributed by atoms with E-state index in [1.807, 2.05) is 20.8 Å². The highest BCUT2D eigenvalue weighted by Gasteiger charge is 2.06. The predicted octanol–water partition coefficient (Wildman–Crippen LogP) is 3.41. The van der Waals surface area contributed by atoms with E-state index < -0.39 is 0 Å². The molecule has 0 fully saturated rings. The van der Waals surface area contributed by atoms with Gasteiger partial charge in [-0.15, -0.1) is 0 Å². The van der Waals surface area contributed by atoms with Gasteiger partial charge < -0.3 is 5.32 Å². The van der Waals surface area contributed by atoms with E-state index in [9.17, 15) is 9.59 Å². The van der Waals surface area contributed by atoms with E-state index in [1.54, 1.807) is 36.5 Å². The fraction of sp³-hybridized carbons (Fsp3) is 0.286. The Morgan fingerprint density at radius 2 is 1.83 bits per heavy atom. The van der Waals surface area contributed by atoms with Gasteiger partial charge in [0.2, 0.25) is 12.3 Å². The summed E-state index contributed by atoms with van der Waals surface area (Å²) in [6.07, 6.45) is 4.10. The Morgan fingerprint density at radius 3 is 2.22 bits per heavy atom. The van der Waals surface area contributed by atoms with Crippen LogP contribution in [0.1, 0.15) is 29.1 Å². The molecular weight excluding hydrogens is 228 g/mol. The number of anilines is 2. The average molecular weight is 250 g/mol. The Kier molecular flexibility index (Phi) is 7.94. The van der Waals surface area contributed by atoms with Crippen LogP contribution < -0.4 is 10.2 Å². The molecule has 2 amide bonds. The van der Waals surface area contributed by atoms with Crippen LogP contribution in [0.25, 0.3) is 0 Å². The monoisotopic (exact) mass is 250 g/mol. The van der Waals surface area contributed by atoms with Crippen LogP contribution in [-0.2, 0) is 9.59 Å². The molecule has 4 heteroatoms. The summed E-state index contributed by atoms with van der Waals surface area (Å²) in [6, 6.07) is 7.02. The predicted molar refractivity (Wildman–Crippen MR) is 77.6 cm³/mol. The number of hydrogen-bond donors (Lipinski definition) is 1. The number of nitrogens with one attached hydrogen (secondary N) is 1. The molecule has 0 spiro atoms. The van der Waals surface area contributed by atoms with E-state index in [1.165, 1.54) is 11.8 Å². The van der Waals surface area contributed by atoms with Gasteiger partial charge in [0, 0.05) is 25.9 Å². The van der Waals surface area contributed by atoms with Gasteiger partial charge in [-0.2, -0.15) is 0 Å². The lowest BCUT2D eigenvalue weighted by atomic mass is 10.2. The molecule has 0 atom stereocenters. The molecule has 100 valence electrons. The van der Waals surface area contributed by atoms with Gasteiger partial charge in [0.1, 0.15) is 0 Å². The van der Waals surface area contributed by atoms with E-state index >= 15 is 0 Å². The van der Waals surface area contributed by atoms with Gasteiger partial charge in [-0.05, 0) is 31.2 Å². The van der Waals surface area contributed by atoms with Crippen LogP contribution in [0.4, 0.5) is 11.4 Å². The second kappa shape index (κ2) is 8.98. The zero-order valence-corrected chi connectivity index (χ0v) is 11.3. The van der Waals surface area contributed by atoms with Crippen molar-refractivity contribution in [1.82, 2.24) is 0 Å². The first kappa shape index (κ1) is 15.9.